The minimum absolute atomic E-state index is 0.0782. The Morgan fingerprint density at radius 3 is 2.59 bits per heavy atom. The number of ether oxygens (including phenoxy) is 1. The Kier molecular flexibility index (Phi) is 4.13. The van der Waals surface area contributed by atoms with Crippen LogP contribution in [0.15, 0.2) is 6.20 Å². The number of nitrogens with one attached hydrogen (secondary N) is 1. The second-order valence-electron chi connectivity index (χ2n) is 8.96. The Balaban J connectivity index is 1.30. The Morgan fingerprint density at radius 2 is 1.96 bits per heavy atom. The lowest BCUT2D eigenvalue weighted by Crippen LogP contribution is -2.61. The van der Waals surface area contributed by atoms with Crippen molar-refractivity contribution >= 4 is 11.9 Å². The van der Waals surface area contributed by atoms with Crippen LogP contribution in [0.2, 0.25) is 0 Å². The molecule has 7 nitrogen and oxygen atoms in total. The first-order valence-corrected chi connectivity index (χ1v) is 10.2. The summed E-state index contributed by atoms with van der Waals surface area (Å²) < 4.78 is 5.37. The molecule has 6 rings (SSSR count). The van der Waals surface area contributed by atoms with E-state index in [2.05, 4.69) is 20.2 Å². The molecule has 0 spiro atoms. The van der Waals surface area contributed by atoms with E-state index >= 15 is 0 Å². The standard InChI is InChI=1S/C20H28N4O3/c1-12-16(11-21-19(22-12)24-2-4-27-5-3-24)18(25)23-17-14-6-13-7-15(17)10-20(26,8-13)9-14/h11,13-15,17,26H,2-10H2,1H3,(H,23,25)/t13?,14?,15?,17-,20+. The van der Waals surface area contributed by atoms with Crippen LogP contribution in [0.25, 0.3) is 0 Å². The molecule has 5 aliphatic rings. The topological polar surface area (TPSA) is 87.6 Å². The van der Waals surface area contributed by atoms with E-state index in [-0.39, 0.29) is 11.9 Å². The number of aliphatic hydroxyl groups is 1. The molecule has 2 N–H and O–H groups in total. The van der Waals surface area contributed by atoms with Gasteiger partial charge < -0.3 is 20.1 Å². The third-order valence-corrected chi connectivity index (χ3v) is 7.04. The lowest BCUT2D eigenvalue weighted by atomic mass is 9.52. The van der Waals surface area contributed by atoms with Gasteiger partial charge in [0.05, 0.1) is 30.1 Å². The molecule has 2 heterocycles. The van der Waals surface area contributed by atoms with Crippen LogP contribution in [0.1, 0.15) is 48.2 Å². The van der Waals surface area contributed by atoms with Gasteiger partial charge in [0.25, 0.3) is 5.91 Å². The smallest absolute Gasteiger partial charge is 0.254 e. The number of aryl methyl sites for hydroxylation is 1. The van der Waals surface area contributed by atoms with Crippen molar-refractivity contribution in [2.45, 2.75) is 50.7 Å². The highest BCUT2D eigenvalue weighted by Crippen LogP contribution is 2.55. The minimum Gasteiger partial charge on any atom is -0.390 e. The van der Waals surface area contributed by atoms with Crippen molar-refractivity contribution in [1.29, 1.82) is 0 Å². The first kappa shape index (κ1) is 17.4. The third-order valence-electron chi connectivity index (χ3n) is 7.04. The largest absolute Gasteiger partial charge is 0.390 e. The summed E-state index contributed by atoms with van der Waals surface area (Å²) in [5.74, 6) is 2.03. The van der Waals surface area contributed by atoms with Crippen molar-refractivity contribution < 1.29 is 14.6 Å². The van der Waals surface area contributed by atoms with Gasteiger partial charge >= 0.3 is 0 Å². The van der Waals surface area contributed by atoms with Crippen LogP contribution in [0.5, 0.6) is 0 Å². The molecule has 4 bridgehead atoms. The van der Waals surface area contributed by atoms with Gasteiger partial charge in [0.1, 0.15) is 0 Å². The van der Waals surface area contributed by atoms with Crippen molar-refractivity contribution in [3.8, 4) is 0 Å². The van der Waals surface area contributed by atoms with E-state index in [0.717, 1.165) is 45.2 Å². The molecule has 0 radical (unpaired) electrons. The Bertz CT molecular complexity index is 733. The third kappa shape index (κ3) is 3.10. The Morgan fingerprint density at radius 1 is 1.26 bits per heavy atom. The molecular formula is C20H28N4O3. The maximum atomic E-state index is 12.9. The summed E-state index contributed by atoms with van der Waals surface area (Å²) in [7, 11) is 0. The normalized spacial score (nSPS) is 37.5. The summed E-state index contributed by atoms with van der Waals surface area (Å²) in [4.78, 5) is 24.0. The summed E-state index contributed by atoms with van der Waals surface area (Å²) in [5, 5.41) is 14.0. The molecule has 1 aliphatic heterocycles. The van der Waals surface area contributed by atoms with Crippen LogP contribution in [0, 0.1) is 24.7 Å². The maximum Gasteiger partial charge on any atom is 0.254 e. The van der Waals surface area contributed by atoms with E-state index in [1.54, 1.807) is 6.20 Å². The highest BCUT2D eigenvalue weighted by Gasteiger charge is 2.55. The van der Waals surface area contributed by atoms with Gasteiger partial charge in [-0.2, -0.15) is 0 Å². The number of rotatable bonds is 3. The molecule has 0 aromatic carbocycles. The highest BCUT2D eigenvalue weighted by molar-refractivity contribution is 5.95. The van der Waals surface area contributed by atoms with Crippen LogP contribution in [-0.4, -0.2) is 58.9 Å². The number of aromatic nitrogens is 2. The first-order chi connectivity index (χ1) is 13.0. The second kappa shape index (κ2) is 6.41. The van der Waals surface area contributed by atoms with Crippen LogP contribution < -0.4 is 10.2 Å². The number of hydrogen-bond acceptors (Lipinski definition) is 6. The van der Waals surface area contributed by atoms with Gasteiger partial charge in [0.15, 0.2) is 0 Å². The number of morpholine rings is 1. The Labute approximate surface area is 159 Å². The van der Waals surface area contributed by atoms with Crippen LogP contribution in [0.3, 0.4) is 0 Å². The van der Waals surface area contributed by atoms with Gasteiger partial charge in [-0.3, -0.25) is 4.79 Å². The first-order valence-electron chi connectivity index (χ1n) is 10.2. The average Bonchev–Trinajstić information content (AvgIpc) is 2.64. The zero-order valence-corrected chi connectivity index (χ0v) is 15.9. The predicted octanol–water partition coefficient (Wildman–Crippen LogP) is 1.29. The zero-order valence-electron chi connectivity index (χ0n) is 15.9. The summed E-state index contributed by atoms with van der Waals surface area (Å²) >= 11 is 0. The van der Waals surface area contributed by atoms with E-state index in [1.165, 1.54) is 0 Å². The molecule has 4 saturated carbocycles. The molecule has 7 heteroatoms. The van der Waals surface area contributed by atoms with E-state index in [0.29, 0.717) is 48.2 Å². The lowest BCUT2D eigenvalue weighted by Gasteiger charge is -2.58. The van der Waals surface area contributed by atoms with Crippen molar-refractivity contribution in [2.24, 2.45) is 17.8 Å². The van der Waals surface area contributed by atoms with Crippen LogP contribution >= 0.6 is 0 Å². The minimum atomic E-state index is -0.476. The molecule has 1 amide bonds. The monoisotopic (exact) mass is 372 g/mol. The fourth-order valence-electron chi connectivity index (χ4n) is 6.04. The molecule has 27 heavy (non-hydrogen) atoms. The van der Waals surface area contributed by atoms with E-state index in [9.17, 15) is 9.90 Å². The fraction of sp³-hybridized carbons (Fsp3) is 0.750. The van der Waals surface area contributed by atoms with Crippen molar-refractivity contribution in [2.75, 3.05) is 31.2 Å². The van der Waals surface area contributed by atoms with Crippen LogP contribution in [0.4, 0.5) is 5.95 Å². The molecule has 146 valence electrons. The summed E-state index contributed by atoms with van der Waals surface area (Å²) in [5.41, 5.74) is 0.794. The van der Waals surface area contributed by atoms with E-state index < -0.39 is 5.60 Å². The zero-order chi connectivity index (χ0) is 18.6. The maximum absolute atomic E-state index is 12.9. The fourth-order valence-corrected chi connectivity index (χ4v) is 6.04. The van der Waals surface area contributed by atoms with Gasteiger partial charge in [-0.15, -0.1) is 0 Å². The summed E-state index contributed by atoms with van der Waals surface area (Å²) in [6.45, 7) is 4.80. The Hall–Kier alpha value is -1.73. The molecule has 2 unspecified atom stereocenters. The molecule has 2 atom stereocenters. The molecule has 5 fully saturated rings. The van der Waals surface area contributed by atoms with E-state index in [4.69, 9.17) is 4.74 Å². The number of amides is 1. The van der Waals surface area contributed by atoms with Crippen molar-refractivity contribution in [3.63, 3.8) is 0 Å². The second-order valence-corrected chi connectivity index (χ2v) is 8.96. The van der Waals surface area contributed by atoms with E-state index in [1.807, 2.05) is 6.92 Å². The molecule has 1 aromatic rings. The number of anilines is 1. The van der Waals surface area contributed by atoms with Crippen LogP contribution in [-0.2, 0) is 4.74 Å². The van der Waals surface area contributed by atoms with Gasteiger partial charge in [0.2, 0.25) is 5.95 Å². The predicted molar refractivity (Wildman–Crippen MR) is 99.6 cm³/mol. The average molecular weight is 372 g/mol. The number of carbonyl (C=O) groups excluding carboxylic acids is 1. The SMILES string of the molecule is Cc1nc(N2CCOCC2)ncc1C(=O)N[C@H]1C2CC3CC1C[C@@](O)(C3)C2. The van der Waals surface area contributed by atoms with Gasteiger partial charge in [-0.25, -0.2) is 9.97 Å². The quantitative estimate of drug-likeness (QED) is 0.831. The van der Waals surface area contributed by atoms with Gasteiger partial charge in [-0.1, -0.05) is 0 Å². The van der Waals surface area contributed by atoms with Crippen molar-refractivity contribution in [3.05, 3.63) is 17.5 Å². The number of nitrogens with zero attached hydrogens (tertiary/aromatic N) is 3. The summed E-state index contributed by atoms with van der Waals surface area (Å²) in [6.07, 6.45) is 6.54. The number of hydrogen-bond donors (Lipinski definition) is 2. The lowest BCUT2D eigenvalue weighted by molar-refractivity contribution is -0.136. The summed E-state index contributed by atoms with van der Waals surface area (Å²) in [6, 6.07) is 0.174. The van der Waals surface area contributed by atoms with Crippen molar-refractivity contribution in [1.82, 2.24) is 15.3 Å². The number of carbonyl (C=O) groups is 1. The van der Waals surface area contributed by atoms with Gasteiger partial charge in [0, 0.05) is 25.3 Å². The molecule has 1 saturated heterocycles. The molecule has 1 aromatic heterocycles. The molecular weight excluding hydrogens is 344 g/mol. The molecule has 4 aliphatic carbocycles. The highest BCUT2D eigenvalue weighted by atomic mass is 16.5. The van der Waals surface area contributed by atoms with Gasteiger partial charge in [-0.05, 0) is 56.8 Å².